The molecule has 3 aromatic carbocycles. The molecule has 3 heterocycles. The van der Waals surface area contributed by atoms with Crippen molar-refractivity contribution in [2.24, 2.45) is 0 Å². The van der Waals surface area contributed by atoms with Gasteiger partial charge in [0.15, 0.2) is 5.65 Å². The molecule has 6 rings (SSSR count). The van der Waals surface area contributed by atoms with Crippen molar-refractivity contribution in [2.75, 3.05) is 24.5 Å². The minimum atomic E-state index is -2.81. The molecular weight excluding hydrogens is 713 g/mol. The third-order valence-electron chi connectivity index (χ3n) is 10.0. The number of rotatable bonds is 8. The summed E-state index contributed by atoms with van der Waals surface area (Å²) in [5, 5.41) is 12.7. The van der Waals surface area contributed by atoms with E-state index in [0.29, 0.717) is 35.7 Å². The number of amides is 1. The van der Waals surface area contributed by atoms with Crippen LogP contribution >= 0.6 is 23.2 Å². The predicted molar refractivity (Wildman–Crippen MR) is 213 cm³/mol. The fourth-order valence-corrected chi connectivity index (χ4v) is 12.4. The van der Waals surface area contributed by atoms with Crippen LogP contribution in [0.4, 0.5) is 10.6 Å². The van der Waals surface area contributed by atoms with Gasteiger partial charge in [0.25, 0.3) is 8.32 Å². The van der Waals surface area contributed by atoms with Crippen LogP contribution in [0.15, 0.2) is 83.7 Å². The summed E-state index contributed by atoms with van der Waals surface area (Å²) in [7, 11) is -2.81. The van der Waals surface area contributed by atoms with Crippen molar-refractivity contribution in [1.29, 1.82) is 0 Å². The largest absolute Gasteiger partial charge is 0.465 e. The summed E-state index contributed by atoms with van der Waals surface area (Å²) in [5.74, 6) is 0.425. The molecule has 1 unspecified atom stereocenters. The Morgan fingerprint density at radius 3 is 2.13 bits per heavy atom. The number of carboxylic acid groups (broad SMARTS) is 1. The number of aryl methyl sites for hydroxylation is 1. The molecule has 52 heavy (non-hydrogen) atoms. The molecule has 1 saturated heterocycles. The predicted octanol–water partition coefficient (Wildman–Crippen LogP) is 7.78. The van der Waals surface area contributed by atoms with E-state index in [1.807, 2.05) is 30.9 Å². The maximum absolute atomic E-state index is 14.3. The van der Waals surface area contributed by atoms with Crippen molar-refractivity contribution < 1.29 is 14.3 Å². The number of piperazine rings is 1. The molecule has 2 aromatic heterocycles. The molecule has 0 radical (unpaired) electrons. The Morgan fingerprint density at radius 2 is 1.60 bits per heavy atom. The standard InChI is InChI=1S/C40H45Cl2N5O4Si/c1-25(2)31-21-28(24-51-52(40(5,6)7,29-14-10-8-11-15-29)30-16-12-9-13-17-30)20-26(3)34(31)47-37-32(22-33(41)35(42)43-37)36(44-38(47)48)46-19-18-45(39(49)50)23-27(46)4/h8-17,20-22,25,27H,18-19,23-24H2,1-7H3,(H,49,50). The summed E-state index contributed by atoms with van der Waals surface area (Å²) >= 11 is 13.1. The van der Waals surface area contributed by atoms with Gasteiger partial charge in [-0.25, -0.2) is 19.1 Å². The highest BCUT2D eigenvalue weighted by Gasteiger charge is 2.50. The third kappa shape index (κ3) is 6.85. The molecule has 272 valence electrons. The number of halogens is 2. The highest BCUT2D eigenvalue weighted by molar-refractivity contribution is 6.99. The smallest absolute Gasteiger partial charge is 0.407 e. The van der Waals surface area contributed by atoms with E-state index in [2.05, 4.69) is 105 Å². The van der Waals surface area contributed by atoms with Crippen LogP contribution in [0, 0.1) is 6.92 Å². The molecule has 9 nitrogen and oxygen atoms in total. The second-order valence-electron chi connectivity index (χ2n) is 14.9. The summed E-state index contributed by atoms with van der Waals surface area (Å²) in [4.78, 5) is 38.5. The second kappa shape index (κ2) is 14.7. The van der Waals surface area contributed by atoms with Gasteiger partial charge in [-0.1, -0.05) is 131 Å². The lowest BCUT2D eigenvalue weighted by molar-refractivity contribution is 0.136. The van der Waals surface area contributed by atoms with Crippen molar-refractivity contribution in [1.82, 2.24) is 19.4 Å². The molecule has 1 aliphatic heterocycles. The fourth-order valence-electron chi connectivity index (χ4n) is 7.62. The highest BCUT2D eigenvalue weighted by atomic mass is 35.5. The van der Waals surface area contributed by atoms with Crippen molar-refractivity contribution in [3.63, 3.8) is 0 Å². The first-order chi connectivity index (χ1) is 24.6. The average Bonchev–Trinajstić information content (AvgIpc) is 3.09. The molecule has 0 aliphatic carbocycles. The first-order valence-electron chi connectivity index (χ1n) is 17.6. The number of nitrogens with zero attached hydrogens (tertiary/aromatic N) is 5. The van der Waals surface area contributed by atoms with Crippen LogP contribution in [-0.2, 0) is 11.0 Å². The lowest BCUT2D eigenvalue weighted by Gasteiger charge is -2.43. The zero-order valence-electron chi connectivity index (χ0n) is 30.7. The van der Waals surface area contributed by atoms with Gasteiger partial charge in [-0.3, -0.25) is 0 Å². The van der Waals surface area contributed by atoms with Gasteiger partial charge in [-0.2, -0.15) is 4.98 Å². The summed E-state index contributed by atoms with van der Waals surface area (Å²) in [6.07, 6.45) is -0.978. The van der Waals surface area contributed by atoms with Crippen LogP contribution in [0.3, 0.4) is 0 Å². The van der Waals surface area contributed by atoms with E-state index in [0.717, 1.165) is 16.7 Å². The van der Waals surface area contributed by atoms with Crippen molar-refractivity contribution in [2.45, 2.75) is 72.1 Å². The third-order valence-corrected chi connectivity index (χ3v) is 15.7. The molecule has 5 aromatic rings. The number of pyridine rings is 1. The Morgan fingerprint density at radius 1 is 0.981 bits per heavy atom. The van der Waals surface area contributed by atoms with Crippen LogP contribution in [0.5, 0.6) is 0 Å². The number of benzene rings is 3. The molecule has 1 fully saturated rings. The molecule has 0 bridgehead atoms. The average molecular weight is 759 g/mol. The monoisotopic (exact) mass is 757 g/mol. The first kappa shape index (κ1) is 37.5. The SMILES string of the molecule is Cc1cc(CO[Si](c2ccccc2)(c2ccccc2)C(C)(C)C)cc(C(C)C)c1-n1c(=O)nc(N2CCN(C(=O)O)CC2C)c2cc(Cl)c(Cl)nc21. The van der Waals surface area contributed by atoms with Gasteiger partial charge >= 0.3 is 11.8 Å². The number of carbonyl (C=O) groups is 1. The van der Waals surface area contributed by atoms with E-state index < -0.39 is 20.1 Å². The van der Waals surface area contributed by atoms with Crippen LogP contribution in [-0.4, -0.2) is 64.6 Å². The molecular formula is C40H45Cl2N5O4Si. The second-order valence-corrected chi connectivity index (χ2v) is 20.0. The summed E-state index contributed by atoms with van der Waals surface area (Å²) in [5.41, 5.74) is 3.31. The van der Waals surface area contributed by atoms with Gasteiger partial charge in [-0.15, -0.1) is 0 Å². The van der Waals surface area contributed by atoms with E-state index in [9.17, 15) is 14.7 Å². The molecule has 1 N–H and O–H groups in total. The van der Waals surface area contributed by atoms with Crippen LogP contribution < -0.4 is 21.0 Å². The number of fused-ring (bicyclic) bond motifs is 1. The Hall–Kier alpha value is -4.22. The molecule has 1 aliphatic rings. The zero-order chi connectivity index (χ0) is 37.5. The zero-order valence-corrected chi connectivity index (χ0v) is 33.2. The normalized spacial score (nSPS) is 15.5. The van der Waals surface area contributed by atoms with Gasteiger partial charge in [0.1, 0.15) is 11.0 Å². The Labute approximate surface area is 315 Å². The van der Waals surface area contributed by atoms with E-state index in [1.54, 1.807) is 6.07 Å². The van der Waals surface area contributed by atoms with Crippen LogP contribution in [0.25, 0.3) is 16.7 Å². The molecule has 1 atom stereocenters. The Kier molecular flexibility index (Phi) is 10.6. The molecule has 0 saturated carbocycles. The van der Waals surface area contributed by atoms with Crippen molar-refractivity contribution in [3.05, 3.63) is 116 Å². The van der Waals surface area contributed by atoms with Gasteiger partial charge in [0, 0.05) is 25.7 Å². The Bertz CT molecular complexity index is 2130. The lowest BCUT2D eigenvalue weighted by atomic mass is 9.95. The first-order valence-corrected chi connectivity index (χ1v) is 20.2. The van der Waals surface area contributed by atoms with Crippen LogP contribution in [0.2, 0.25) is 15.2 Å². The topological polar surface area (TPSA) is 101 Å². The number of anilines is 1. The van der Waals surface area contributed by atoms with Gasteiger partial charge in [-0.05, 0) is 57.9 Å². The Balaban J connectivity index is 1.48. The molecule has 1 amide bonds. The number of aromatic nitrogens is 3. The van der Waals surface area contributed by atoms with Crippen LogP contribution in [0.1, 0.15) is 64.2 Å². The van der Waals surface area contributed by atoms with E-state index in [1.165, 1.54) is 19.8 Å². The fraction of sp³-hybridized carbons (Fsp3) is 0.350. The van der Waals surface area contributed by atoms with Crippen molar-refractivity contribution in [3.8, 4) is 5.69 Å². The number of hydrogen-bond donors (Lipinski definition) is 1. The van der Waals surface area contributed by atoms with E-state index >= 15 is 0 Å². The molecule has 0 spiro atoms. The van der Waals surface area contributed by atoms with Gasteiger partial charge < -0.3 is 19.3 Å². The summed E-state index contributed by atoms with van der Waals surface area (Å²) in [6, 6.07) is 26.8. The van der Waals surface area contributed by atoms with Gasteiger partial charge in [0.05, 0.1) is 22.7 Å². The highest BCUT2D eigenvalue weighted by Crippen LogP contribution is 2.39. The van der Waals surface area contributed by atoms with Gasteiger partial charge in [0.2, 0.25) is 0 Å². The molecule has 12 heteroatoms. The van der Waals surface area contributed by atoms with Crippen molar-refractivity contribution >= 4 is 64.8 Å². The summed E-state index contributed by atoms with van der Waals surface area (Å²) in [6.45, 7) is 16.2. The minimum absolute atomic E-state index is 0.0232. The maximum Gasteiger partial charge on any atom is 0.407 e. The van der Waals surface area contributed by atoms with E-state index in [4.69, 9.17) is 27.6 Å². The maximum atomic E-state index is 14.3. The minimum Gasteiger partial charge on any atom is -0.465 e. The quantitative estimate of drug-likeness (QED) is 0.127. The lowest BCUT2D eigenvalue weighted by Crippen LogP contribution is -2.66. The summed E-state index contributed by atoms with van der Waals surface area (Å²) < 4.78 is 8.83. The van der Waals surface area contributed by atoms with E-state index in [-0.39, 0.29) is 40.3 Å². The number of hydrogen-bond acceptors (Lipinski definition) is 6.